The van der Waals surface area contributed by atoms with Crippen LogP contribution in [-0.4, -0.2) is 36.5 Å². The molecule has 0 saturated carbocycles. The molecule has 0 fully saturated rings. The standard InChI is InChI=1S/C11H24N2O/c1-7-13(8-9(2)3)10(14)11(4,5)12-6/h9,12H,7-8H2,1-6H3. The monoisotopic (exact) mass is 200 g/mol. The van der Waals surface area contributed by atoms with Gasteiger partial charge in [0, 0.05) is 13.1 Å². The van der Waals surface area contributed by atoms with Gasteiger partial charge in [-0.05, 0) is 33.7 Å². The Bertz CT molecular complexity index is 188. The number of amides is 1. The lowest BCUT2D eigenvalue weighted by molar-refractivity contribution is -0.137. The normalized spacial score (nSPS) is 11.9. The Hall–Kier alpha value is -0.570. The van der Waals surface area contributed by atoms with Gasteiger partial charge in [0.2, 0.25) is 5.91 Å². The van der Waals surface area contributed by atoms with Gasteiger partial charge in [-0.25, -0.2) is 0 Å². The molecule has 84 valence electrons. The lowest BCUT2D eigenvalue weighted by Gasteiger charge is -2.32. The highest BCUT2D eigenvalue weighted by Crippen LogP contribution is 2.09. The first kappa shape index (κ1) is 13.4. The number of carbonyl (C=O) groups is 1. The first-order chi connectivity index (χ1) is 6.35. The van der Waals surface area contributed by atoms with Crippen molar-refractivity contribution < 1.29 is 4.79 Å². The van der Waals surface area contributed by atoms with E-state index < -0.39 is 5.54 Å². The smallest absolute Gasteiger partial charge is 0.242 e. The summed E-state index contributed by atoms with van der Waals surface area (Å²) in [6.45, 7) is 11.7. The molecule has 0 heterocycles. The van der Waals surface area contributed by atoms with E-state index in [-0.39, 0.29) is 5.91 Å². The van der Waals surface area contributed by atoms with Crippen molar-refractivity contribution in [3.63, 3.8) is 0 Å². The molecule has 3 nitrogen and oxygen atoms in total. The Morgan fingerprint density at radius 1 is 1.43 bits per heavy atom. The van der Waals surface area contributed by atoms with Gasteiger partial charge in [-0.2, -0.15) is 0 Å². The number of nitrogens with zero attached hydrogens (tertiary/aromatic N) is 1. The summed E-state index contributed by atoms with van der Waals surface area (Å²) >= 11 is 0. The molecule has 1 N–H and O–H groups in total. The Morgan fingerprint density at radius 3 is 2.21 bits per heavy atom. The highest BCUT2D eigenvalue weighted by atomic mass is 16.2. The van der Waals surface area contributed by atoms with Gasteiger partial charge in [0.15, 0.2) is 0 Å². The summed E-state index contributed by atoms with van der Waals surface area (Å²) < 4.78 is 0. The molecule has 0 aromatic rings. The van der Waals surface area contributed by atoms with Gasteiger partial charge in [-0.3, -0.25) is 4.79 Å². The summed E-state index contributed by atoms with van der Waals surface area (Å²) in [5, 5.41) is 3.04. The van der Waals surface area contributed by atoms with Crippen molar-refractivity contribution in [3.05, 3.63) is 0 Å². The van der Waals surface area contributed by atoms with Crippen LogP contribution in [0, 0.1) is 5.92 Å². The molecule has 0 aliphatic heterocycles. The third-order valence-electron chi connectivity index (χ3n) is 2.41. The Morgan fingerprint density at radius 2 is 1.93 bits per heavy atom. The van der Waals surface area contributed by atoms with E-state index in [9.17, 15) is 4.79 Å². The summed E-state index contributed by atoms with van der Waals surface area (Å²) in [5.41, 5.74) is -0.453. The van der Waals surface area contributed by atoms with Crippen LogP contribution in [0.1, 0.15) is 34.6 Å². The molecule has 0 aromatic carbocycles. The van der Waals surface area contributed by atoms with E-state index in [2.05, 4.69) is 19.2 Å². The lowest BCUT2D eigenvalue weighted by atomic mass is 10.0. The Labute approximate surface area is 87.9 Å². The van der Waals surface area contributed by atoms with Gasteiger partial charge >= 0.3 is 0 Å². The van der Waals surface area contributed by atoms with Gasteiger partial charge in [0.1, 0.15) is 0 Å². The quantitative estimate of drug-likeness (QED) is 0.729. The molecule has 0 aliphatic rings. The highest BCUT2D eigenvalue weighted by molar-refractivity contribution is 5.85. The van der Waals surface area contributed by atoms with Gasteiger partial charge in [0.25, 0.3) is 0 Å². The van der Waals surface area contributed by atoms with Crippen LogP contribution in [0.3, 0.4) is 0 Å². The molecule has 0 radical (unpaired) electrons. The van der Waals surface area contributed by atoms with Gasteiger partial charge in [-0.1, -0.05) is 13.8 Å². The molecule has 0 spiro atoms. The van der Waals surface area contributed by atoms with E-state index in [4.69, 9.17) is 0 Å². The zero-order valence-electron chi connectivity index (χ0n) is 10.3. The molecule has 14 heavy (non-hydrogen) atoms. The van der Waals surface area contributed by atoms with Crippen molar-refractivity contribution in [1.82, 2.24) is 10.2 Å². The fraction of sp³-hybridized carbons (Fsp3) is 0.909. The van der Waals surface area contributed by atoms with Crippen molar-refractivity contribution in [2.24, 2.45) is 5.92 Å². The van der Waals surface area contributed by atoms with E-state index in [0.717, 1.165) is 13.1 Å². The maximum atomic E-state index is 12.0. The molecule has 0 aliphatic carbocycles. The summed E-state index contributed by atoms with van der Waals surface area (Å²) in [4.78, 5) is 13.9. The van der Waals surface area contributed by atoms with Crippen LogP contribution in [0.15, 0.2) is 0 Å². The van der Waals surface area contributed by atoms with E-state index in [1.54, 1.807) is 0 Å². The fourth-order valence-electron chi connectivity index (χ4n) is 1.30. The molecule has 0 atom stereocenters. The number of carbonyl (C=O) groups excluding carboxylic acids is 1. The summed E-state index contributed by atoms with van der Waals surface area (Å²) in [6, 6.07) is 0. The van der Waals surface area contributed by atoms with Crippen molar-refractivity contribution in [2.45, 2.75) is 40.2 Å². The minimum Gasteiger partial charge on any atom is -0.341 e. The first-order valence-electron chi connectivity index (χ1n) is 5.33. The van der Waals surface area contributed by atoms with E-state index >= 15 is 0 Å². The maximum absolute atomic E-state index is 12.0. The lowest BCUT2D eigenvalue weighted by Crippen LogP contribution is -2.53. The van der Waals surface area contributed by atoms with Crippen LogP contribution in [0.2, 0.25) is 0 Å². The van der Waals surface area contributed by atoms with Crippen LogP contribution < -0.4 is 5.32 Å². The van der Waals surface area contributed by atoms with Crippen LogP contribution in [0.4, 0.5) is 0 Å². The second-order valence-corrected chi connectivity index (χ2v) is 4.61. The average Bonchev–Trinajstić information content (AvgIpc) is 2.12. The second-order valence-electron chi connectivity index (χ2n) is 4.61. The predicted octanol–water partition coefficient (Wildman–Crippen LogP) is 1.49. The van der Waals surface area contributed by atoms with E-state index in [0.29, 0.717) is 5.92 Å². The second kappa shape index (κ2) is 5.35. The molecule has 0 unspecified atom stereocenters. The number of hydrogen-bond acceptors (Lipinski definition) is 2. The third-order valence-corrected chi connectivity index (χ3v) is 2.41. The summed E-state index contributed by atoms with van der Waals surface area (Å²) in [6.07, 6.45) is 0. The van der Waals surface area contributed by atoms with Crippen molar-refractivity contribution >= 4 is 5.91 Å². The average molecular weight is 200 g/mol. The topological polar surface area (TPSA) is 32.3 Å². The Balaban J connectivity index is 4.46. The minimum absolute atomic E-state index is 0.177. The third kappa shape index (κ3) is 3.66. The van der Waals surface area contributed by atoms with E-state index in [1.165, 1.54) is 0 Å². The number of nitrogens with one attached hydrogen (secondary N) is 1. The number of rotatable bonds is 5. The molecule has 0 rings (SSSR count). The fourth-order valence-corrected chi connectivity index (χ4v) is 1.30. The van der Waals surface area contributed by atoms with Gasteiger partial charge < -0.3 is 10.2 Å². The predicted molar refractivity (Wildman–Crippen MR) is 60.2 cm³/mol. The Kier molecular flexibility index (Phi) is 5.13. The SMILES string of the molecule is CCN(CC(C)C)C(=O)C(C)(C)NC. The maximum Gasteiger partial charge on any atom is 0.242 e. The molecule has 0 saturated heterocycles. The molecular formula is C11H24N2O. The zero-order valence-corrected chi connectivity index (χ0v) is 10.3. The number of hydrogen-bond donors (Lipinski definition) is 1. The van der Waals surface area contributed by atoms with Crippen LogP contribution in [0.25, 0.3) is 0 Å². The molecule has 1 amide bonds. The first-order valence-corrected chi connectivity index (χ1v) is 5.33. The molecule has 0 aromatic heterocycles. The number of likely N-dealkylation sites (N-methyl/N-ethyl adjacent to an activating group) is 2. The van der Waals surface area contributed by atoms with Gasteiger partial charge in [-0.15, -0.1) is 0 Å². The molecule has 0 bridgehead atoms. The van der Waals surface area contributed by atoms with Crippen LogP contribution in [-0.2, 0) is 4.79 Å². The van der Waals surface area contributed by atoms with E-state index in [1.807, 2.05) is 32.7 Å². The van der Waals surface area contributed by atoms with Crippen molar-refractivity contribution in [2.75, 3.05) is 20.1 Å². The zero-order chi connectivity index (χ0) is 11.4. The van der Waals surface area contributed by atoms with Crippen LogP contribution in [0.5, 0.6) is 0 Å². The molecule has 3 heteroatoms. The van der Waals surface area contributed by atoms with Crippen LogP contribution >= 0.6 is 0 Å². The summed E-state index contributed by atoms with van der Waals surface area (Å²) in [5.74, 6) is 0.697. The minimum atomic E-state index is -0.453. The van der Waals surface area contributed by atoms with Crippen molar-refractivity contribution in [3.8, 4) is 0 Å². The van der Waals surface area contributed by atoms with Crippen molar-refractivity contribution in [1.29, 1.82) is 0 Å². The highest BCUT2D eigenvalue weighted by Gasteiger charge is 2.29. The summed E-state index contributed by atoms with van der Waals surface area (Å²) in [7, 11) is 1.82. The largest absolute Gasteiger partial charge is 0.341 e. The van der Waals surface area contributed by atoms with Gasteiger partial charge in [0.05, 0.1) is 5.54 Å². The molecular weight excluding hydrogens is 176 g/mol.